The fraction of sp³-hybridized carbons (Fsp3) is 0.429. The van der Waals surface area contributed by atoms with Crippen molar-refractivity contribution in [2.75, 3.05) is 13.7 Å². The number of methoxy groups -OCH3 is 1. The molecule has 0 aliphatic carbocycles. The molecule has 0 saturated heterocycles. The molecule has 5 nitrogen and oxygen atoms in total. The van der Waals surface area contributed by atoms with E-state index < -0.39 is 0 Å². The molecule has 0 spiro atoms. The smallest absolute Gasteiger partial charge is 0.258 e. The lowest BCUT2D eigenvalue weighted by Gasteiger charge is -2.25. The van der Waals surface area contributed by atoms with Crippen LogP contribution in [0.1, 0.15) is 19.7 Å². The lowest BCUT2D eigenvalue weighted by molar-refractivity contribution is 0.127. The molecule has 0 saturated carbocycles. The van der Waals surface area contributed by atoms with Gasteiger partial charge >= 0.3 is 0 Å². The molecule has 0 fully saturated rings. The van der Waals surface area contributed by atoms with E-state index in [0.29, 0.717) is 29.9 Å². The van der Waals surface area contributed by atoms with Gasteiger partial charge in [-0.05, 0) is 26.0 Å². The number of fused-ring (bicyclic) bond motifs is 1. The zero-order valence-corrected chi connectivity index (χ0v) is 11.5. The van der Waals surface area contributed by atoms with Crippen molar-refractivity contribution in [2.45, 2.75) is 25.9 Å². The second kappa shape index (κ2) is 5.50. The summed E-state index contributed by atoms with van der Waals surface area (Å²) in [6.07, 6.45) is 0. The molecule has 0 amide bonds. The molecule has 1 aromatic carbocycles. The summed E-state index contributed by atoms with van der Waals surface area (Å²) in [6.45, 7) is 5.16. The summed E-state index contributed by atoms with van der Waals surface area (Å²) in [5.74, 6) is 0.632. The van der Waals surface area contributed by atoms with Crippen LogP contribution < -0.4 is 10.9 Å². The number of rotatable bonds is 5. The van der Waals surface area contributed by atoms with Crippen LogP contribution in [-0.2, 0) is 11.3 Å². The van der Waals surface area contributed by atoms with Crippen molar-refractivity contribution in [3.05, 3.63) is 40.4 Å². The maximum absolute atomic E-state index is 11.9. The van der Waals surface area contributed by atoms with Gasteiger partial charge in [0.25, 0.3) is 5.56 Å². The number of hydrogen-bond acceptors (Lipinski definition) is 4. The summed E-state index contributed by atoms with van der Waals surface area (Å²) >= 11 is 0. The van der Waals surface area contributed by atoms with Crippen LogP contribution in [0.15, 0.2) is 29.1 Å². The van der Waals surface area contributed by atoms with E-state index in [9.17, 15) is 4.79 Å². The van der Waals surface area contributed by atoms with Gasteiger partial charge in [0, 0.05) is 12.6 Å². The Morgan fingerprint density at radius 1 is 1.37 bits per heavy atom. The van der Waals surface area contributed by atoms with Crippen LogP contribution in [0, 0.1) is 0 Å². The first kappa shape index (κ1) is 13.7. The summed E-state index contributed by atoms with van der Waals surface area (Å²) in [5.41, 5.74) is 0.443. The zero-order valence-electron chi connectivity index (χ0n) is 11.5. The van der Waals surface area contributed by atoms with E-state index in [2.05, 4.69) is 15.3 Å². The van der Waals surface area contributed by atoms with Crippen molar-refractivity contribution in [2.24, 2.45) is 0 Å². The molecule has 5 heteroatoms. The Morgan fingerprint density at radius 2 is 2.11 bits per heavy atom. The molecule has 0 aliphatic rings. The third-order valence-electron chi connectivity index (χ3n) is 2.90. The highest BCUT2D eigenvalue weighted by Gasteiger charge is 2.17. The standard InChI is InChI=1S/C14H19N3O2/c1-14(2,9-19-3)15-8-12-16-11-7-5-4-6-10(11)13(18)17-12/h4-7,15H,8-9H2,1-3H3,(H,16,17,18). The van der Waals surface area contributed by atoms with Crippen LogP contribution in [0.3, 0.4) is 0 Å². The average molecular weight is 261 g/mol. The molecular weight excluding hydrogens is 242 g/mol. The summed E-state index contributed by atoms with van der Waals surface area (Å²) in [5, 5.41) is 3.92. The first-order valence-corrected chi connectivity index (χ1v) is 6.24. The quantitative estimate of drug-likeness (QED) is 0.854. The third-order valence-corrected chi connectivity index (χ3v) is 2.90. The number of nitrogens with one attached hydrogen (secondary N) is 2. The number of para-hydroxylation sites is 1. The van der Waals surface area contributed by atoms with Crippen LogP contribution >= 0.6 is 0 Å². The Balaban J connectivity index is 2.20. The van der Waals surface area contributed by atoms with Crippen molar-refractivity contribution >= 4 is 10.9 Å². The Bertz CT molecular complexity index is 619. The summed E-state index contributed by atoms with van der Waals surface area (Å²) < 4.78 is 5.13. The van der Waals surface area contributed by atoms with Gasteiger partial charge in [0.05, 0.1) is 24.1 Å². The highest BCUT2D eigenvalue weighted by Crippen LogP contribution is 2.07. The Morgan fingerprint density at radius 3 is 2.84 bits per heavy atom. The second-order valence-electron chi connectivity index (χ2n) is 5.20. The van der Waals surface area contributed by atoms with Gasteiger partial charge in [0.2, 0.25) is 0 Å². The van der Waals surface area contributed by atoms with Gasteiger partial charge in [-0.1, -0.05) is 12.1 Å². The minimum absolute atomic E-state index is 0.105. The van der Waals surface area contributed by atoms with Crippen molar-refractivity contribution in [3.8, 4) is 0 Å². The van der Waals surface area contributed by atoms with Crippen molar-refractivity contribution in [1.82, 2.24) is 15.3 Å². The number of aromatic amines is 1. The number of benzene rings is 1. The number of hydrogen-bond donors (Lipinski definition) is 2. The monoisotopic (exact) mass is 261 g/mol. The van der Waals surface area contributed by atoms with Gasteiger partial charge in [0.15, 0.2) is 0 Å². The molecule has 19 heavy (non-hydrogen) atoms. The number of ether oxygens (including phenoxy) is 1. The molecule has 0 aliphatic heterocycles. The van der Waals surface area contributed by atoms with Gasteiger partial charge in [-0.2, -0.15) is 0 Å². The molecule has 2 aromatic rings. The largest absolute Gasteiger partial charge is 0.383 e. The van der Waals surface area contributed by atoms with Gasteiger partial charge in [-0.15, -0.1) is 0 Å². The van der Waals surface area contributed by atoms with Gasteiger partial charge in [-0.3, -0.25) is 4.79 Å². The van der Waals surface area contributed by atoms with E-state index in [0.717, 1.165) is 0 Å². The molecule has 0 radical (unpaired) electrons. The fourth-order valence-corrected chi connectivity index (χ4v) is 1.95. The second-order valence-corrected chi connectivity index (χ2v) is 5.20. The molecule has 0 unspecified atom stereocenters. The Labute approximate surface area is 112 Å². The number of nitrogens with zero attached hydrogens (tertiary/aromatic N) is 1. The van der Waals surface area contributed by atoms with Crippen molar-refractivity contribution < 1.29 is 4.74 Å². The topological polar surface area (TPSA) is 67.0 Å². The number of aromatic nitrogens is 2. The first-order chi connectivity index (χ1) is 9.02. The first-order valence-electron chi connectivity index (χ1n) is 6.24. The summed E-state index contributed by atoms with van der Waals surface area (Å²) in [7, 11) is 1.67. The predicted octanol–water partition coefficient (Wildman–Crippen LogP) is 1.44. The zero-order chi connectivity index (χ0) is 13.9. The molecule has 1 aromatic heterocycles. The molecule has 2 rings (SSSR count). The van der Waals surface area contributed by atoms with Crippen LogP contribution in [-0.4, -0.2) is 29.2 Å². The van der Waals surface area contributed by atoms with Crippen LogP contribution in [0.5, 0.6) is 0 Å². The van der Waals surface area contributed by atoms with E-state index in [-0.39, 0.29) is 11.1 Å². The summed E-state index contributed by atoms with van der Waals surface area (Å²) in [4.78, 5) is 19.1. The van der Waals surface area contributed by atoms with E-state index >= 15 is 0 Å². The molecule has 1 heterocycles. The van der Waals surface area contributed by atoms with Gasteiger partial charge in [-0.25, -0.2) is 4.98 Å². The fourth-order valence-electron chi connectivity index (χ4n) is 1.95. The van der Waals surface area contributed by atoms with E-state index in [1.165, 1.54) is 0 Å². The maximum Gasteiger partial charge on any atom is 0.258 e. The molecule has 2 N–H and O–H groups in total. The van der Waals surface area contributed by atoms with Crippen molar-refractivity contribution in [3.63, 3.8) is 0 Å². The van der Waals surface area contributed by atoms with Crippen LogP contribution in [0.4, 0.5) is 0 Å². The number of H-pyrrole nitrogens is 1. The van der Waals surface area contributed by atoms with Crippen LogP contribution in [0.25, 0.3) is 10.9 Å². The van der Waals surface area contributed by atoms with E-state index in [1.54, 1.807) is 13.2 Å². The minimum atomic E-state index is -0.168. The van der Waals surface area contributed by atoms with Gasteiger partial charge in [0.1, 0.15) is 5.82 Å². The highest BCUT2D eigenvalue weighted by atomic mass is 16.5. The average Bonchev–Trinajstić information content (AvgIpc) is 2.37. The maximum atomic E-state index is 11.9. The van der Waals surface area contributed by atoms with E-state index in [1.807, 2.05) is 32.0 Å². The molecular formula is C14H19N3O2. The molecule has 0 atom stereocenters. The molecule has 102 valence electrons. The van der Waals surface area contributed by atoms with Crippen LogP contribution in [0.2, 0.25) is 0 Å². The molecule has 0 bridgehead atoms. The summed E-state index contributed by atoms with van der Waals surface area (Å²) in [6, 6.07) is 7.32. The van der Waals surface area contributed by atoms with Gasteiger partial charge < -0.3 is 15.0 Å². The van der Waals surface area contributed by atoms with E-state index in [4.69, 9.17) is 4.74 Å². The highest BCUT2D eigenvalue weighted by molar-refractivity contribution is 5.77. The normalized spacial score (nSPS) is 11.9. The lowest BCUT2D eigenvalue weighted by atomic mass is 10.1. The third kappa shape index (κ3) is 3.39. The SMILES string of the molecule is COCC(C)(C)NCc1nc2ccccc2c(=O)[nH]1. The van der Waals surface area contributed by atoms with Crippen molar-refractivity contribution in [1.29, 1.82) is 0 Å². The minimum Gasteiger partial charge on any atom is -0.383 e. The lowest BCUT2D eigenvalue weighted by Crippen LogP contribution is -2.43. The Hall–Kier alpha value is -1.72. The predicted molar refractivity (Wildman–Crippen MR) is 75.2 cm³/mol. The Kier molecular flexibility index (Phi) is 3.97.